The Morgan fingerprint density at radius 2 is 2.09 bits per heavy atom. The van der Waals surface area contributed by atoms with Gasteiger partial charge in [-0.2, -0.15) is 5.10 Å². The van der Waals surface area contributed by atoms with E-state index in [0.29, 0.717) is 5.88 Å². The first-order chi connectivity index (χ1) is 15.7. The highest BCUT2D eigenvalue weighted by Crippen LogP contribution is 2.29. The first-order valence-corrected chi connectivity index (χ1v) is 11.0. The molecule has 3 aromatic rings. The Balaban J connectivity index is 1.41. The molecular formula is C24H29N5O3. The summed E-state index contributed by atoms with van der Waals surface area (Å²) in [5.74, 6) is 1.12. The number of ether oxygens (including phenoxy) is 2. The number of methoxy groups -OCH3 is 2. The molecule has 0 amide bonds. The molecule has 1 unspecified atom stereocenters. The number of carbonyl (C=O) groups excluding carboxylic acids is 1. The molecule has 0 radical (unpaired) electrons. The number of hydrogen-bond donors (Lipinski definition) is 1. The predicted octanol–water partition coefficient (Wildman–Crippen LogP) is 3.37. The quantitative estimate of drug-likeness (QED) is 0.515. The number of rotatable bonds is 9. The molecule has 1 aliphatic rings. The second-order valence-corrected chi connectivity index (χ2v) is 7.95. The number of aromatic nitrogens is 4. The zero-order valence-corrected chi connectivity index (χ0v) is 18.6. The lowest BCUT2D eigenvalue weighted by Gasteiger charge is -2.17. The minimum absolute atomic E-state index is 0.178. The van der Waals surface area contributed by atoms with Crippen molar-refractivity contribution in [3.05, 3.63) is 65.2 Å². The molecule has 32 heavy (non-hydrogen) atoms. The monoisotopic (exact) mass is 435 g/mol. The number of esters is 1. The molecule has 4 rings (SSSR count). The third-order valence-corrected chi connectivity index (χ3v) is 5.80. The summed E-state index contributed by atoms with van der Waals surface area (Å²) >= 11 is 0. The van der Waals surface area contributed by atoms with Crippen LogP contribution in [0.15, 0.2) is 42.9 Å². The van der Waals surface area contributed by atoms with Crippen LogP contribution in [0.1, 0.15) is 47.6 Å². The van der Waals surface area contributed by atoms with Crippen LogP contribution in [-0.4, -0.2) is 46.5 Å². The Bertz CT molecular complexity index is 1050. The molecule has 168 valence electrons. The largest absolute Gasteiger partial charge is 0.481 e. The maximum atomic E-state index is 12.0. The Hall–Kier alpha value is -3.42. The number of hydrogen-bond acceptors (Lipinski definition) is 7. The molecule has 4 heterocycles. The molecule has 1 aliphatic heterocycles. The number of fused-ring (bicyclic) bond motifs is 1. The van der Waals surface area contributed by atoms with Crippen molar-refractivity contribution in [3.63, 3.8) is 0 Å². The Morgan fingerprint density at radius 1 is 1.19 bits per heavy atom. The smallest absolute Gasteiger partial charge is 0.306 e. The summed E-state index contributed by atoms with van der Waals surface area (Å²) < 4.78 is 12.0. The highest BCUT2D eigenvalue weighted by atomic mass is 16.5. The first kappa shape index (κ1) is 21.8. The summed E-state index contributed by atoms with van der Waals surface area (Å²) in [5.41, 5.74) is 4.28. The van der Waals surface area contributed by atoms with Crippen molar-refractivity contribution in [2.75, 3.05) is 26.1 Å². The predicted molar refractivity (Wildman–Crippen MR) is 121 cm³/mol. The second kappa shape index (κ2) is 10.3. The van der Waals surface area contributed by atoms with Gasteiger partial charge in [0.25, 0.3) is 0 Å². The molecule has 8 nitrogen and oxygen atoms in total. The van der Waals surface area contributed by atoms with E-state index in [9.17, 15) is 4.79 Å². The highest BCUT2D eigenvalue weighted by molar-refractivity contribution is 5.71. The molecule has 0 saturated carbocycles. The molecular weight excluding hydrogens is 406 g/mol. The molecule has 0 bridgehead atoms. The van der Waals surface area contributed by atoms with Crippen LogP contribution >= 0.6 is 0 Å². The van der Waals surface area contributed by atoms with Gasteiger partial charge >= 0.3 is 5.97 Å². The normalized spacial score (nSPS) is 13.7. The van der Waals surface area contributed by atoms with E-state index in [1.54, 1.807) is 19.4 Å². The Morgan fingerprint density at radius 3 is 2.88 bits per heavy atom. The highest BCUT2D eigenvalue weighted by Gasteiger charge is 2.21. The number of nitrogens with zero attached hydrogens (tertiary/aromatic N) is 4. The van der Waals surface area contributed by atoms with Gasteiger partial charge in [0.2, 0.25) is 5.88 Å². The topological polar surface area (TPSA) is 91.2 Å². The number of anilines is 1. The van der Waals surface area contributed by atoms with Gasteiger partial charge in [-0.05, 0) is 48.4 Å². The summed E-state index contributed by atoms with van der Waals surface area (Å²) in [6.07, 6.45) is 9.86. The van der Waals surface area contributed by atoms with E-state index in [1.807, 2.05) is 23.1 Å². The van der Waals surface area contributed by atoms with Crippen LogP contribution in [0.2, 0.25) is 0 Å². The SMILES string of the molecule is COC(=O)CC(c1ccc(OC)nc1)c1cnn(CCCc2ccc3c(n2)NCCC3)c1. The third kappa shape index (κ3) is 5.25. The van der Waals surface area contributed by atoms with Crippen LogP contribution in [-0.2, 0) is 28.9 Å². The van der Waals surface area contributed by atoms with Crippen LogP contribution in [0.3, 0.4) is 0 Å². The minimum Gasteiger partial charge on any atom is -0.481 e. The van der Waals surface area contributed by atoms with Crippen LogP contribution in [0.4, 0.5) is 5.82 Å². The molecule has 0 aliphatic carbocycles. The van der Waals surface area contributed by atoms with Crippen molar-refractivity contribution < 1.29 is 14.3 Å². The van der Waals surface area contributed by atoms with Crippen molar-refractivity contribution in [1.82, 2.24) is 19.7 Å². The molecule has 0 spiro atoms. The van der Waals surface area contributed by atoms with Crippen molar-refractivity contribution in [1.29, 1.82) is 0 Å². The fraction of sp³-hybridized carbons (Fsp3) is 0.417. The molecule has 1 N–H and O–H groups in total. The molecule has 0 aromatic carbocycles. The zero-order chi connectivity index (χ0) is 22.3. The standard InChI is InChI=1S/C24H29N5O3/c1-31-22-10-8-18(14-26-22)21(13-23(30)32-2)19-15-27-29(16-19)12-4-6-20-9-7-17-5-3-11-25-24(17)28-20/h7-10,14-16,21H,3-6,11-13H2,1-2H3,(H,25,28). The lowest BCUT2D eigenvalue weighted by molar-refractivity contribution is -0.140. The molecule has 0 fully saturated rings. The Kier molecular flexibility index (Phi) is 6.99. The van der Waals surface area contributed by atoms with Gasteiger partial charge in [-0.25, -0.2) is 9.97 Å². The summed E-state index contributed by atoms with van der Waals surface area (Å²) in [6.45, 7) is 1.77. The van der Waals surface area contributed by atoms with Gasteiger partial charge in [-0.15, -0.1) is 0 Å². The number of pyridine rings is 2. The van der Waals surface area contributed by atoms with Crippen molar-refractivity contribution >= 4 is 11.8 Å². The molecule has 1 atom stereocenters. The first-order valence-electron chi connectivity index (χ1n) is 11.0. The molecule has 8 heteroatoms. The maximum absolute atomic E-state index is 12.0. The van der Waals surface area contributed by atoms with E-state index < -0.39 is 0 Å². The summed E-state index contributed by atoms with van der Waals surface area (Å²) in [7, 11) is 2.98. The van der Waals surface area contributed by atoms with E-state index in [1.165, 1.54) is 19.1 Å². The second-order valence-electron chi connectivity index (χ2n) is 7.95. The van der Waals surface area contributed by atoms with Crippen LogP contribution in [0.5, 0.6) is 5.88 Å². The summed E-state index contributed by atoms with van der Waals surface area (Å²) in [5, 5.41) is 7.91. The van der Waals surface area contributed by atoms with Gasteiger partial charge in [-0.3, -0.25) is 9.48 Å². The average Bonchev–Trinajstić information content (AvgIpc) is 3.31. The lowest BCUT2D eigenvalue weighted by Crippen LogP contribution is -2.14. The minimum atomic E-state index is -0.273. The number of carbonyl (C=O) groups is 1. The van der Waals surface area contributed by atoms with E-state index in [-0.39, 0.29) is 18.3 Å². The van der Waals surface area contributed by atoms with Gasteiger partial charge < -0.3 is 14.8 Å². The lowest BCUT2D eigenvalue weighted by atomic mass is 9.92. The van der Waals surface area contributed by atoms with Crippen molar-refractivity contribution in [2.45, 2.75) is 44.6 Å². The van der Waals surface area contributed by atoms with E-state index in [4.69, 9.17) is 14.5 Å². The number of aryl methyl sites for hydroxylation is 3. The van der Waals surface area contributed by atoms with Crippen LogP contribution in [0.25, 0.3) is 0 Å². The van der Waals surface area contributed by atoms with E-state index in [2.05, 4.69) is 27.5 Å². The Labute approximate surface area is 188 Å². The van der Waals surface area contributed by atoms with Gasteiger partial charge in [0, 0.05) is 43.2 Å². The number of nitrogens with one attached hydrogen (secondary N) is 1. The summed E-state index contributed by atoms with van der Waals surface area (Å²) in [4.78, 5) is 21.1. The van der Waals surface area contributed by atoms with Gasteiger partial charge in [0.15, 0.2) is 0 Å². The fourth-order valence-electron chi connectivity index (χ4n) is 4.01. The zero-order valence-electron chi connectivity index (χ0n) is 18.6. The van der Waals surface area contributed by atoms with Crippen molar-refractivity contribution in [2.24, 2.45) is 0 Å². The van der Waals surface area contributed by atoms with E-state index >= 15 is 0 Å². The fourth-order valence-corrected chi connectivity index (χ4v) is 4.01. The maximum Gasteiger partial charge on any atom is 0.306 e. The van der Waals surface area contributed by atoms with E-state index in [0.717, 1.165) is 55.0 Å². The molecule has 3 aromatic heterocycles. The van der Waals surface area contributed by atoms with Gasteiger partial charge in [0.1, 0.15) is 5.82 Å². The van der Waals surface area contributed by atoms with Gasteiger partial charge in [0.05, 0.1) is 26.8 Å². The van der Waals surface area contributed by atoms with Crippen LogP contribution in [0, 0.1) is 0 Å². The van der Waals surface area contributed by atoms with Gasteiger partial charge in [-0.1, -0.05) is 12.1 Å². The van der Waals surface area contributed by atoms with Crippen molar-refractivity contribution in [3.8, 4) is 5.88 Å². The average molecular weight is 436 g/mol. The third-order valence-electron chi connectivity index (χ3n) is 5.80. The van der Waals surface area contributed by atoms with Crippen LogP contribution < -0.4 is 10.1 Å². The molecule has 0 saturated heterocycles. The summed E-state index contributed by atoms with van der Waals surface area (Å²) in [6, 6.07) is 8.04.